The van der Waals surface area contributed by atoms with Crippen molar-refractivity contribution in [1.82, 2.24) is 15.3 Å². The van der Waals surface area contributed by atoms with E-state index in [1.807, 2.05) is 52.8 Å². The molecular weight excluding hydrogens is 572 g/mol. The van der Waals surface area contributed by atoms with Crippen LogP contribution in [0.5, 0.6) is 0 Å². The van der Waals surface area contributed by atoms with Gasteiger partial charge in [0.15, 0.2) is 0 Å². The van der Waals surface area contributed by atoms with Crippen LogP contribution in [-0.2, 0) is 41.5 Å². The smallest absolute Gasteiger partial charge is 0.305 e. The van der Waals surface area contributed by atoms with E-state index in [-0.39, 0.29) is 36.6 Å². The number of ether oxygens (including phenoxy) is 2. The zero-order chi connectivity index (χ0) is 33.0. The molecule has 0 fully saturated rings. The quantitative estimate of drug-likeness (QED) is 0.330. The van der Waals surface area contributed by atoms with Crippen molar-refractivity contribution in [2.24, 2.45) is 4.99 Å². The van der Waals surface area contributed by atoms with Crippen LogP contribution in [0.4, 0.5) is 0 Å². The van der Waals surface area contributed by atoms with Crippen LogP contribution in [0.2, 0.25) is 0 Å². The van der Waals surface area contributed by atoms with E-state index in [2.05, 4.69) is 20.3 Å². The maximum absolute atomic E-state index is 12.4. The van der Waals surface area contributed by atoms with Gasteiger partial charge in [-0.05, 0) is 105 Å². The lowest BCUT2D eigenvalue weighted by Crippen LogP contribution is -2.16. The van der Waals surface area contributed by atoms with E-state index >= 15 is 0 Å². The van der Waals surface area contributed by atoms with Crippen LogP contribution in [-0.4, -0.2) is 53.7 Å². The van der Waals surface area contributed by atoms with Crippen molar-refractivity contribution in [3.63, 3.8) is 0 Å². The van der Waals surface area contributed by atoms with E-state index < -0.39 is 0 Å². The van der Waals surface area contributed by atoms with Gasteiger partial charge < -0.3 is 24.8 Å². The monoisotopic (exact) mass is 614 g/mol. The number of esters is 2. The summed E-state index contributed by atoms with van der Waals surface area (Å²) in [5.41, 5.74) is 9.99. The number of nitrogens with zero attached hydrogens (tertiary/aromatic N) is 1. The summed E-state index contributed by atoms with van der Waals surface area (Å²) in [6.07, 6.45) is 8.49. The van der Waals surface area contributed by atoms with Gasteiger partial charge in [0.1, 0.15) is 0 Å². The van der Waals surface area contributed by atoms with Gasteiger partial charge in [0.2, 0.25) is 0 Å². The second kappa shape index (κ2) is 13.9. The minimum Gasteiger partial charge on any atom is -0.469 e. The largest absolute Gasteiger partial charge is 0.469 e. The molecule has 0 saturated carbocycles. The Hall–Kier alpha value is -4.73. The zero-order valence-corrected chi connectivity index (χ0v) is 27.4. The molecule has 4 heterocycles. The minimum atomic E-state index is -0.312. The summed E-state index contributed by atoms with van der Waals surface area (Å²) in [5.74, 6) is -0.964. The van der Waals surface area contributed by atoms with Crippen molar-refractivity contribution in [1.29, 1.82) is 0 Å². The summed E-state index contributed by atoms with van der Waals surface area (Å²) < 4.78 is 9.80. The fraction of sp³-hybridized carbons (Fsp3) is 0.400. The Kier molecular flexibility index (Phi) is 10.3. The van der Waals surface area contributed by atoms with Gasteiger partial charge in [-0.2, -0.15) is 0 Å². The van der Waals surface area contributed by atoms with Crippen molar-refractivity contribution >= 4 is 47.7 Å². The predicted octanol–water partition coefficient (Wildman–Crippen LogP) is 3.69. The molecule has 238 valence electrons. The molecule has 0 aromatic carbocycles. The molecule has 2 aromatic rings. The van der Waals surface area contributed by atoms with Crippen molar-refractivity contribution in [3.8, 4) is 0 Å². The van der Waals surface area contributed by atoms with Crippen molar-refractivity contribution < 1.29 is 28.7 Å². The first kappa shape index (κ1) is 33.2. The van der Waals surface area contributed by atoms with Crippen molar-refractivity contribution in [2.75, 3.05) is 14.2 Å². The topological polar surface area (TPSA) is 143 Å². The van der Waals surface area contributed by atoms with E-state index in [1.54, 1.807) is 6.92 Å². The van der Waals surface area contributed by atoms with Gasteiger partial charge in [0.05, 0.1) is 19.9 Å². The third-order valence-corrected chi connectivity index (χ3v) is 8.75. The molecule has 4 rings (SSSR count). The minimum absolute atomic E-state index is 0.112. The predicted molar refractivity (Wildman–Crippen MR) is 174 cm³/mol. The molecule has 0 spiro atoms. The van der Waals surface area contributed by atoms with Gasteiger partial charge >= 0.3 is 11.9 Å². The molecule has 10 heteroatoms. The molecule has 0 radical (unpaired) electrons. The Morgan fingerprint density at radius 1 is 0.733 bits per heavy atom. The molecule has 2 aromatic heterocycles. The molecule has 2 aliphatic heterocycles. The van der Waals surface area contributed by atoms with E-state index in [0.717, 1.165) is 61.2 Å². The van der Waals surface area contributed by atoms with Gasteiger partial charge in [0.25, 0.3) is 11.8 Å². The Labute approximate surface area is 263 Å². The van der Waals surface area contributed by atoms with Crippen LogP contribution >= 0.6 is 0 Å². The van der Waals surface area contributed by atoms with Crippen LogP contribution in [0.15, 0.2) is 33.0 Å². The molecule has 0 unspecified atom stereocenters. The molecule has 0 atom stereocenters. The Balaban J connectivity index is 1.89. The van der Waals surface area contributed by atoms with E-state index in [9.17, 15) is 19.2 Å². The molecule has 0 saturated heterocycles. The van der Waals surface area contributed by atoms with Gasteiger partial charge in [-0.1, -0.05) is 13.8 Å². The molecule has 3 N–H and O–H groups in total. The summed E-state index contributed by atoms with van der Waals surface area (Å²) in [6.45, 7) is 11.6. The second-order valence-electron chi connectivity index (χ2n) is 11.3. The Morgan fingerprint density at radius 2 is 1.36 bits per heavy atom. The third-order valence-electron chi connectivity index (χ3n) is 8.75. The summed E-state index contributed by atoms with van der Waals surface area (Å²) in [4.78, 5) is 60.3. The normalized spacial score (nSPS) is 16.8. The summed E-state index contributed by atoms with van der Waals surface area (Å²) >= 11 is 0. The SMILES string of the molecule is CCC1=C(C)C(=O)N=C1/C=c1/[nH]/c(=C/c2[nH]c(/C=C3/NC(=O)C(C)=C3CC)c(CCC(=O)OC)c2C)c(C)c1CCC(=O)OC. The highest BCUT2D eigenvalue weighted by Crippen LogP contribution is 2.29. The summed E-state index contributed by atoms with van der Waals surface area (Å²) in [5, 5.41) is 4.57. The Bertz CT molecular complexity index is 1830. The molecule has 2 amide bonds. The van der Waals surface area contributed by atoms with Crippen LogP contribution in [0.3, 0.4) is 0 Å². The number of aromatic nitrogens is 2. The average molecular weight is 615 g/mol. The van der Waals surface area contributed by atoms with Crippen molar-refractivity contribution in [3.05, 3.63) is 72.3 Å². The lowest BCUT2D eigenvalue weighted by molar-refractivity contribution is -0.141. The molecule has 45 heavy (non-hydrogen) atoms. The number of aliphatic imine (C=N–C) groups is 1. The number of hydrogen-bond acceptors (Lipinski definition) is 6. The lowest BCUT2D eigenvalue weighted by Gasteiger charge is -2.06. The number of amides is 2. The number of hydrogen-bond donors (Lipinski definition) is 3. The fourth-order valence-corrected chi connectivity index (χ4v) is 5.98. The Morgan fingerprint density at radius 3 is 1.96 bits per heavy atom. The number of allylic oxidation sites excluding steroid dienone is 2. The number of rotatable bonds is 11. The van der Waals surface area contributed by atoms with Crippen molar-refractivity contribution in [2.45, 2.75) is 80.1 Å². The van der Waals surface area contributed by atoms with E-state index in [1.165, 1.54) is 14.2 Å². The summed E-state index contributed by atoms with van der Waals surface area (Å²) in [6, 6.07) is 0. The second-order valence-corrected chi connectivity index (χ2v) is 11.3. The first-order chi connectivity index (χ1) is 21.4. The van der Waals surface area contributed by atoms with Crippen LogP contribution in [0.25, 0.3) is 18.2 Å². The maximum Gasteiger partial charge on any atom is 0.305 e. The van der Waals surface area contributed by atoms with E-state index in [4.69, 9.17) is 9.47 Å². The molecule has 0 aliphatic carbocycles. The first-order valence-electron chi connectivity index (χ1n) is 15.3. The highest BCUT2D eigenvalue weighted by atomic mass is 16.5. The molecule has 10 nitrogen and oxygen atoms in total. The summed E-state index contributed by atoms with van der Waals surface area (Å²) in [7, 11) is 2.74. The van der Waals surface area contributed by atoms with Gasteiger partial charge in [0, 0.05) is 51.8 Å². The average Bonchev–Trinajstić information content (AvgIpc) is 3.67. The van der Waals surface area contributed by atoms with E-state index in [0.29, 0.717) is 42.5 Å². The van der Waals surface area contributed by atoms with Gasteiger partial charge in [-0.25, -0.2) is 4.99 Å². The van der Waals surface area contributed by atoms with Crippen LogP contribution < -0.4 is 16.0 Å². The highest BCUT2D eigenvalue weighted by molar-refractivity contribution is 6.30. The number of carbonyl (C=O) groups is 4. The molecular formula is C35H42N4O6. The highest BCUT2D eigenvalue weighted by Gasteiger charge is 2.24. The first-order valence-corrected chi connectivity index (χ1v) is 15.3. The molecule has 0 bridgehead atoms. The van der Waals surface area contributed by atoms with Gasteiger partial charge in [-0.15, -0.1) is 0 Å². The maximum atomic E-state index is 12.4. The standard InChI is InChI=1S/C35H42N4O6/c1-9-22-20(5)34(42)38-28(22)16-30-24(11-13-32(40)44-7)18(3)26(36-30)15-27-19(4)25(12-14-33(41)45-8)31(37-27)17-29-23(10-2)21(6)35(43)39-29/h15-17,36-37H,9-14H2,1-8H3,(H,38,42)/b27-15+,28-16+,31-17+. The third kappa shape index (κ3) is 6.84. The van der Waals surface area contributed by atoms with Crippen LogP contribution in [0.1, 0.15) is 87.0 Å². The molecule has 2 aliphatic rings. The fourth-order valence-electron chi connectivity index (χ4n) is 5.98. The lowest BCUT2D eigenvalue weighted by atomic mass is 10.0. The number of aromatic amines is 2. The number of methoxy groups -OCH3 is 2. The number of carbonyl (C=O) groups excluding carboxylic acids is 4. The van der Waals surface area contributed by atoms with Crippen LogP contribution in [0, 0.1) is 13.8 Å². The van der Waals surface area contributed by atoms with Gasteiger partial charge in [-0.3, -0.25) is 19.2 Å². The zero-order valence-electron chi connectivity index (χ0n) is 27.4. The number of H-pyrrole nitrogens is 2. The number of nitrogens with one attached hydrogen (secondary N) is 3.